The molecule has 92 valence electrons. The molecule has 0 fully saturated rings. The van der Waals surface area contributed by atoms with Crippen molar-refractivity contribution < 1.29 is 14.3 Å². The molecule has 1 atom stereocenters. The number of allylic oxidation sites excluding steroid dienone is 2. The normalized spacial score (nSPS) is 22.3. The summed E-state index contributed by atoms with van der Waals surface area (Å²) in [5, 5.41) is 0. The lowest BCUT2D eigenvalue weighted by molar-refractivity contribution is -0.185. The van der Waals surface area contributed by atoms with Gasteiger partial charge in [0.25, 0.3) is 0 Å². The van der Waals surface area contributed by atoms with Crippen molar-refractivity contribution >= 4 is 17.4 Å². The molecule has 0 aromatic heterocycles. The summed E-state index contributed by atoms with van der Waals surface area (Å²) in [4.78, 5) is 11.8. The number of rotatable bonds is 3. The van der Waals surface area contributed by atoms with Gasteiger partial charge in [0, 0.05) is 11.5 Å². The van der Waals surface area contributed by atoms with Gasteiger partial charge in [0.1, 0.15) is 5.76 Å². The van der Waals surface area contributed by atoms with E-state index in [1.165, 1.54) is 0 Å². The first-order valence-corrected chi connectivity index (χ1v) is 6.00. The summed E-state index contributed by atoms with van der Waals surface area (Å²) in [7, 11) is 0. The molecule has 0 spiro atoms. The molecule has 1 heterocycles. The lowest BCUT2D eigenvalue weighted by Gasteiger charge is -2.31. The van der Waals surface area contributed by atoms with Crippen LogP contribution in [-0.4, -0.2) is 23.6 Å². The van der Waals surface area contributed by atoms with Crippen LogP contribution in [0.15, 0.2) is 11.3 Å². The molecule has 0 aromatic rings. The second kappa shape index (κ2) is 5.19. The maximum Gasteiger partial charge on any atom is 0.207 e. The summed E-state index contributed by atoms with van der Waals surface area (Å²) >= 11 is 5.64. The van der Waals surface area contributed by atoms with Crippen LogP contribution >= 0.6 is 11.6 Å². The number of Topliss-reactive ketones (excluding diaryl/α,β-unsaturated/α-hetero) is 1. The Labute approximate surface area is 102 Å². The minimum atomic E-state index is -0.466. The average molecular weight is 247 g/mol. The number of carbonyl (C=O) groups is 1. The molecule has 1 unspecified atom stereocenters. The maximum absolute atomic E-state index is 11.8. The molecule has 0 bridgehead atoms. The second-order valence-corrected chi connectivity index (χ2v) is 5.26. The zero-order valence-electron chi connectivity index (χ0n) is 10.3. The molecule has 0 aliphatic carbocycles. The molecule has 3 nitrogen and oxygen atoms in total. The first-order chi connectivity index (χ1) is 7.33. The molecule has 0 saturated carbocycles. The fraction of sp³-hybridized carbons (Fsp3) is 0.750. The van der Waals surface area contributed by atoms with Crippen molar-refractivity contribution in [3.8, 4) is 0 Å². The number of carbonyl (C=O) groups excluding carboxylic acids is 1. The molecular weight excluding hydrogens is 228 g/mol. The van der Waals surface area contributed by atoms with Crippen LogP contribution in [-0.2, 0) is 14.3 Å². The number of ketones is 1. The molecular formula is C12H19ClO3. The fourth-order valence-corrected chi connectivity index (χ4v) is 1.84. The van der Waals surface area contributed by atoms with Gasteiger partial charge in [-0.15, -0.1) is 11.6 Å². The molecule has 0 amide bonds. The van der Waals surface area contributed by atoms with Crippen LogP contribution in [0.25, 0.3) is 0 Å². The zero-order chi connectivity index (χ0) is 12.3. The molecule has 0 radical (unpaired) electrons. The van der Waals surface area contributed by atoms with Crippen LogP contribution < -0.4 is 0 Å². The minimum absolute atomic E-state index is 0.0821. The molecule has 16 heavy (non-hydrogen) atoms. The lowest BCUT2D eigenvalue weighted by atomic mass is 10.0. The monoisotopic (exact) mass is 246 g/mol. The Morgan fingerprint density at radius 3 is 2.56 bits per heavy atom. The summed E-state index contributed by atoms with van der Waals surface area (Å²) in [6, 6.07) is 0. The fourth-order valence-electron chi connectivity index (χ4n) is 1.65. The van der Waals surface area contributed by atoms with E-state index in [2.05, 4.69) is 0 Å². The summed E-state index contributed by atoms with van der Waals surface area (Å²) in [5.41, 5.74) is 0.388. The molecule has 1 rings (SSSR count). The van der Waals surface area contributed by atoms with E-state index in [1.807, 2.05) is 20.8 Å². The number of halogens is 1. The summed E-state index contributed by atoms with van der Waals surface area (Å²) in [6.45, 7) is 7.61. The van der Waals surface area contributed by atoms with Crippen molar-refractivity contribution in [3.05, 3.63) is 11.3 Å². The third kappa shape index (κ3) is 3.80. The van der Waals surface area contributed by atoms with Gasteiger partial charge in [-0.25, -0.2) is 0 Å². The van der Waals surface area contributed by atoms with Gasteiger partial charge >= 0.3 is 0 Å². The Balaban J connectivity index is 2.70. The number of hydrogen-bond donors (Lipinski definition) is 0. The Hall–Kier alpha value is -0.540. The third-order valence-corrected chi connectivity index (χ3v) is 2.44. The van der Waals surface area contributed by atoms with Gasteiger partial charge in [-0.2, -0.15) is 0 Å². The van der Waals surface area contributed by atoms with Crippen molar-refractivity contribution in [3.63, 3.8) is 0 Å². The SMILES string of the molecule is CC1=C(CCCl)C(=O)CC(OC(C)(C)C)O1. The molecule has 1 aliphatic rings. The minimum Gasteiger partial charge on any atom is -0.469 e. The van der Waals surface area contributed by atoms with E-state index in [1.54, 1.807) is 6.92 Å². The van der Waals surface area contributed by atoms with Gasteiger partial charge in [0.05, 0.1) is 12.0 Å². The summed E-state index contributed by atoms with van der Waals surface area (Å²) in [6.07, 6.45) is 0.376. The van der Waals surface area contributed by atoms with Crippen molar-refractivity contribution in [2.24, 2.45) is 0 Å². The predicted octanol–water partition coefficient (Wildman–Crippen LogP) is 3.02. The summed E-state index contributed by atoms with van der Waals surface area (Å²) in [5.74, 6) is 1.16. The van der Waals surface area contributed by atoms with Crippen LogP contribution in [0.4, 0.5) is 0 Å². The Morgan fingerprint density at radius 1 is 1.50 bits per heavy atom. The van der Waals surface area contributed by atoms with Crippen molar-refractivity contribution in [1.29, 1.82) is 0 Å². The highest BCUT2D eigenvalue weighted by atomic mass is 35.5. The Kier molecular flexibility index (Phi) is 4.39. The van der Waals surface area contributed by atoms with Gasteiger partial charge in [-0.1, -0.05) is 0 Å². The van der Waals surface area contributed by atoms with Crippen LogP contribution in [0.1, 0.15) is 40.5 Å². The van der Waals surface area contributed by atoms with E-state index in [-0.39, 0.29) is 17.8 Å². The highest BCUT2D eigenvalue weighted by Crippen LogP contribution is 2.26. The lowest BCUT2D eigenvalue weighted by Crippen LogP contribution is -2.34. The zero-order valence-corrected chi connectivity index (χ0v) is 11.1. The van der Waals surface area contributed by atoms with Crippen LogP contribution in [0.5, 0.6) is 0 Å². The third-order valence-electron chi connectivity index (χ3n) is 2.25. The summed E-state index contributed by atoms with van der Waals surface area (Å²) < 4.78 is 11.2. The van der Waals surface area contributed by atoms with Gasteiger partial charge in [0.2, 0.25) is 6.29 Å². The maximum atomic E-state index is 11.8. The number of hydrogen-bond acceptors (Lipinski definition) is 3. The van der Waals surface area contributed by atoms with Gasteiger partial charge < -0.3 is 9.47 Å². The van der Waals surface area contributed by atoms with Crippen LogP contribution in [0, 0.1) is 0 Å². The molecule has 0 aromatic carbocycles. The van der Waals surface area contributed by atoms with E-state index >= 15 is 0 Å². The smallest absolute Gasteiger partial charge is 0.207 e. The van der Waals surface area contributed by atoms with Crippen LogP contribution in [0.2, 0.25) is 0 Å². The molecule has 0 N–H and O–H groups in total. The molecule has 4 heteroatoms. The Morgan fingerprint density at radius 2 is 2.12 bits per heavy atom. The van der Waals surface area contributed by atoms with E-state index in [0.29, 0.717) is 23.6 Å². The largest absolute Gasteiger partial charge is 0.469 e. The quantitative estimate of drug-likeness (QED) is 0.718. The van der Waals surface area contributed by atoms with E-state index < -0.39 is 6.29 Å². The average Bonchev–Trinajstić information content (AvgIpc) is 2.08. The van der Waals surface area contributed by atoms with Gasteiger partial charge in [0.15, 0.2) is 5.78 Å². The van der Waals surface area contributed by atoms with Crippen molar-refractivity contribution in [2.45, 2.75) is 52.4 Å². The highest BCUT2D eigenvalue weighted by Gasteiger charge is 2.29. The highest BCUT2D eigenvalue weighted by molar-refractivity contribution is 6.18. The first kappa shape index (κ1) is 13.5. The second-order valence-electron chi connectivity index (χ2n) is 4.88. The van der Waals surface area contributed by atoms with E-state index in [4.69, 9.17) is 21.1 Å². The standard InChI is InChI=1S/C12H19ClO3/c1-8-9(5-6-13)10(14)7-11(15-8)16-12(2,3)4/h11H,5-7H2,1-4H3. The van der Waals surface area contributed by atoms with Gasteiger partial charge in [-0.05, 0) is 34.1 Å². The van der Waals surface area contributed by atoms with Crippen molar-refractivity contribution in [1.82, 2.24) is 0 Å². The topological polar surface area (TPSA) is 35.5 Å². The van der Waals surface area contributed by atoms with Gasteiger partial charge in [-0.3, -0.25) is 4.79 Å². The Bertz CT molecular complexity index is 302. The number of ether oxygens (including phenoxy) is 2. The van der Waals surface area contributed by atoms with E-state index in [0.717, 1.165) is 0 Å². The molecule has 0 saturated heterocycles. The number of alkyl halides is 1. The molecule has 1 aliphatic heterocycles. The van der Waals surface area contributed by atoms with Crippen molar-refractivity contribution in [2.75, 3.05) is 5.88 Å². The van der Waals surface area contributed by atoms with E-state index in [9.17, 15) is 4.79 Å². The first-order valence-electron chi connectivity index (χ1n) is 5.47. The van der Waals surface area contributed by atoms with Crippen LogP contribution in [0.3, 0.4) is 0 Å². The predicted molar refractivity (Wildman–Crippen MR) is 63.4 cm³/mol.